The van der Waals surface area contributed by atoms with Crippen LogP contribution in [0.25, 0.3) is 0 Å². The van der Waals surface area contributed by atoms with Crippen molar-refractivity contribution in [1.29, 1.82) is 0 Å². The Balaban J connectivity index is 2.53. The van der Waals surface area contributed by atoms with Crippen molar-refractivity contribution in [3.8, 4) is 0 Å². The van der Waals surface area contributed by atoms with Gasteiger partial charge in [0.15, 0.2) is 0 Å². The summed E-state index contributed by atoms with van der Waals surface area (Å²) >= 11 is 0. The van der Waals surface area contributed by atoms with Crippen LogP contribution < -0.4 is 5.73 Å². The van der Waals surface area contributed by atoms with Crippen molar-refractivity contribution in [3.05, 3.63) is 0 Å². The molecule has 0 aromatic heterocycles. The molecule has 0 bridgehead atoms. The largest absolute Gasteiger partial charge is 0.481 e. The molecule has 0 aromatic rings. The molecule has 0 aliphatic carbocycles. The van der Waals surface area contributed by atoms with Gasteiger partial charge in [-0.25, -0.2) is 0 Å². The number of likely N-dealkylation sites (tertiary alicyclic amines) is 1. The highest BCUT2D eigenvalue weighted by molar-refractivity contribution is 5.78. The van der Waals surface area contributed by atoms with Crippen LogP contribution in [-0.4, -0.2) is 41.5 Å². The summed E-state index contributed by atoms with van der Waals surface area (Å²) in [5.74, 6) is -0.368. The molecule has 0 spiro atoms. The van der Waals surface area contributed by atoms with Crippen molar-refractivity contribution < 1.29 is 14.7 Å². The van der Waals surface area contributed by atoms with Gasteiger partial charge in [-0.2, -0.15) is 0 Å². The molecule has 5 nitrogen and oxygen atoms in total. The second kappa shape index (κ2) is 6.89. The van der Waals surface area contributed by atoms with Crippen LogP contribution in [0.3, 0.4) is 0 Å². The zero-order valence-electron chi connectivity index (χ0n) is 12.0. The summed E-state index contributed by atoms with van der Waals surface area (Å²) in [5.41, 5.74) is 4.99. The van der Waals surface area contributed by atoms with E-state index in [2.05, 4.69) is 0 Å². The van der Waals surface area contributed by atoms with Gasteiger partial charge in [0.25, 0.3) is 0 Å². The normalized spacial score (nSPS) is 20.1. The van der Waals surface area contributed by atoms with Crippen molar-refractivity contribution in [2.45, 2.75) is 46.0 Å². The maximum atomic E-state index is 12.1. The van der Waals surface area contributed by atoms with Crippen LogP contribution in [0, 0.1) is 11.3 Å². The lowest BCUT2D eigenvalue weighted by Crippen LogP contribution is -2.46. The summed E-state index contributed by atoms with van der Waals surface area (Å²) < 4.78 is 0. The van der Waals surface area contributed by atoms with Crippen LogP contribution in [0.5, 0.6) is 0 Å². The Labute approximate surface area is 115 Å². The summed E-state index contributed by atoms with van der Waals surface area (Å²) in [4.78, 5) is 25.3. The monoisotopic (exact) mass is 270 g/mol. The van der Waals surface area contributed by atoms with Gasteiger partial charge in [-0.1, -0.05) is 20.3 Å². The van der Waals surface area contributed by atoms with Gasteiger partial charge in [0.2, 0.25) is 5.91 Å². The summed E-state index contributed by atoms with van der Waals surface area (Å²) in [6.07, 6.45) is 3.14. The van der Waals surface area contributed by atoms with Crippen molar-refractivity contribution in [2.24, 2.45) is 17.1 Å². The Morgan fingerprint density at radius 2 is 1.89 bits per heavy atom. The number of rotatable bonds is 6. The van der Waals surface area contributed by atoms with Gasteiger partial charge in [-0.3, -0.25) is 9.59 Å². The van der Waals surface area contributed by atoms with Crippen molar-refractivity contribution >= 4 is 11.9 Å². The molecule has 1 fully saturated rings. The van der Waals surface area contributed by atoms with E-state index in [0.29, 0.717) is 45.3 Å². The maximum absolute atomic E-state index is 12.1. The molecular formula is C14H26N2O3. The summed E-state index contributed by atoms with van der Waals surface area (Å²) in [7, 11) is 0. The number of amides is 1. The van der Waals surface area contributed by atoms with E-state index in [0.717, 1.165) is 6.42 Å². The molecule has 0 radical (unpaired) electrons. The van der Waals surface area contributed by atoms with Gasteiger partial charge in [-0.05, 0) is 31.7 Å². The minimum Gasteiger partial charge on any atom is -0.481 e. The molecule has 1 aliphatic rings. The summed E-state index contributed by atoms with van der Waals surface area (Å²) in [5, 5.41) is 9.32. The first-order valence-electron chi connectivity index (χ1n) is 7.20. The molecule has 1 saturated heterocycles. The molecule has 1 atom stereocenters. The molecule has 5 heteroatoms. The zero-order chi connectivity index (χ0) is 14.5. The van der Waals surface area contributed by atoms with Gasteiger partial charge in [0, 0.05) is 19.5 Å². The van der Waals surface area contributed by atoms with E-state index in [1.807, 2.05) is 13.8 Å². The first kappa shape index (κ1) is 16.0. The Hall–Kier alpha value is -1.10. The van der Waals surface area contributed by atoms with Gasteiger partial charge in [-0.15, -0.1) is 0 Å². The van der Waals surface area contributed by atoms with Crippen molar-refractivity contribution in [2.75, 3.05) is 19.6 Å². The molecule has 3 N–H and O–H groups in total. The van der Waals surface area contributed by atoms with Gasteiger partial charge in [0.1, 0.15) is 0 Å². The molecule has 0 saturated carbocycles. The van der Waals surface area contributed by atoms with Crippen LogP contribution in [-0.2, 0) is 9.59 Å². The Bertz CT molecular complexity index is 319. The minimum atomic E-state index is -0.726. The molecule has 110 valence electrons. The highest BCUT2D eigenvalue weighted by Crippen LogP contribution is 2.35. The topological polar surface area (TPSA) is 83.6 Å². The number of piperidine rings is 1. The molecule has 1 heterocycles. The number of carboxylic acid groups (broad SMARTS) is 1. The van der Waals surface area contributed by atoms with Gasteiger partial charge in [0.05, 0.1) is 5.41 Å². The summed E-state index contributed by atoms with van der Waals surface area (Å²) in [6.45, 7) is 5.59. The average Bonchev–Trinajstić information content (AvgIpc) is 2.44. The van der Waals surface area contributed by atoms with Crippen LogP contribution in [0.4, 0.5) is 0 Å². The lowest BCUT2D eigenvalue weighted by molar-refractivity contribution is -0.154. The number of carbonyl (C=O) groups excluding carboxylic acids is 1. The molecule has 1 unspecified atom stereocenters. The van der Waals surface area contributed by atoms with Gasteiger partial charge >= 0.3 is 5.97 Å². The fraction of sp³-hybridized carbons (Fsp3) is 0.857. The third-order valence-corrected chi connectivity index (χ3v) is 4.58. The lowest BCUT2D eigenvalue weighted by atomic mass is 9.76. The quantitative estimate of drug-likeness (QED) is 0.765. The molecule has 19 heavy (non-hydrogen) atoms. The van der Waals surface area contributed by atoms with Crippen molar-refractivity contribution in [1.82, 2.24) is 4.90 Å². The SMILES string of the molecule is CCC(CN)CC(=O)N1CCC(CC)(C(=O)O)CC1. The molecule has 0 aromatic carbocycles. The Morgan fingerprint density at radius 3 is 2.26 bits per heavy atom. The van der Waals surface area contributed by atoms with Crippen LogP contribution >= 0.6 is 0 Å². The van der Waals surface area contributed by atoms with E-state index in [1.54, 1.807) is 4.90 Å². The smallest absolute Gasteiger partial charge is 0.309 e. The second-order valence-electron chi connectivity index (χ2n) is 5.53. The fourth-order valence-electron chi connectivity index (χ4n) is 2.67. The molecule has 1 amide bonds. The lowest BCUT2D eigenvalue weighted by Gasteiger charge is -2.38. The van der Waals surface area contributed by atoms with E-state index in [4.69, 9.17) is 5.73 Å². The second-order valence-corrected chi connectivity index (χ2v) is 5.53. The van der Waals surface area contributed by atoms with E-state index in [9.17, 15) is 14.7 Å². The Kier molecular flexibility index (Phi) is 5.79. The van der Waals surface area contributed by atoms with Crippen LogP contribution in [0.2, 0.25) is 0 Å². The number of carbonyl (C=O) groups is 2. The van der Waals surface area contributed by atoms with Crippen molar-refractivity contribution in [3.63, 3.8) is 0 Å². The summed E-state index contributed by atoms with van der Waals surface area (Å²) in [6, 6.07) is 0. The fourth-order valence-corrected chi connectivity index (χ4v) is 2.67. The number of hydrogen-bond acceptors (Lipinski definition) is 3. The standard InChI is InChI=1S/C14H26N2O3/c1-3-11(10-15)9-12(17)16-7-5-14(4-2,6-8-16)13(18)19/h11H,3-10,15H2,1-2H3,(H,18,19). The highest BCUT2D eigenvalue weighted by atomic mass is 16.4. The van der Waals surface area contributed by atoms with Crippen LogP contribution in [0.15, 0.2) is 0 Å². The number of carboxylic acids is 1. The van der Waals surface area contributed by atoms with E-state index in [1.165, 1.54) is 0 Å². The molecular weight excluding hydrogens is 244 g/mol. The minimum absolute atomic E-state index is 0.118. The third kappa shape index (κ3) is 3.69. The number of hydrogen-bond donors (Lipinski definition) is 2. The zero-order valence-corrected chi connectivity index (χ0v) is 12.0. The Morgan fingerprint density at radius 1 is 1.32 bits per heavy atom. The number of nitrogens with zero attached hydrogens (tertiary/aromatic N) is 1. The maximum Gasteiger partial charge on any atom is 0.309 e. The van der Waals surface area contributed by atoms with E-state index < -0.39 is 11.4 Å². The number of aliphatic carboxylic acids is 1. The number of nitrogens with two attached hydrogens (primary N) is 1. The first-order valence-corrected chi connectivity index (χ1v) is 7.20. The van der Waals surface area contributed by atoms with Gasteiger partial charge < -0.3 is 15.7 Å². The molecule has 1 rings (SSSR count). The first-order chi connectivity index (χ1) is 8.99. The van der Waals surface area contributed by atoms with E-state index >= 15 is 0 Å². The predicted molar refractivity (Wildman–Crippen MR) is 73.6 cm³/mol. The third-order valence-electron chi connectivity index (χ3n) is 4.58. The van der Waals surface area contributed by atoms with Crippen LogP contribution in [0.1, 0.15) is 46.0 Å². The highest BCUT2D eigenvalue weighted by Gasteiger charge is 2.40. The molecule has 1 aliphatic heterocycles. The predicted octanol–water partition coefficient (Wildman–Crippen LogP) is 1.46. The van der Waals surface area contributed by atoms with E-state index in [-0.39, 0.29) is 11.8 Å². The average molecular weight is 270 g/mol.